The fourth-order valence-corrected chi connectivity index (χ4v) is 3.19. The SMILES string of the molecule is O=C(NCCC1CCNCC1)Nc1ccc2nnsc2c1. The number of rotatable bonds is 4. The fraction of sp³-hybridized carbons (Fsp3) is 0.500. The maximum absolute atomic E-state index is 11.9. The van der Waals surface area contributed by atoms with Crippen LogP contribution in [0, 0.1) is 5.92 Å². The number of fused-ring (bicyclic) bond motifs is 1. The minimum absolute atomic E-state index is 0.152. The summed E-state index contributed by atoms with van der Waals surface area (Å²) in [6.07, 6.45) is 3.46. The van der Waals surface area contributed by atoms with Crippen molar-refractivity contribution in [3.05, 3.63) is 18.2 Å². The zero-order chi connectivity index (χ0) is 14.5. The molecule has 21 heavy (non-hydrogen) atoms. The molecule has 0 radical (unpaired) electrons. The second-order valence-corrected chi connectivity index (χ2v) is 6.10. The molecule has 0 spiro atoms. The average Bonchev–Trinajstić information content (AvgIpc) is 2.96. The molecule has 0 saturated carbocycles. The van der Waals surface area contributed by atoms with E-state index in [0.717, 1.165) is 47.9 Å². The van der Waals surface area contributed by atoms with Gasteiger partial charge in [-0.1, -0.05) is 4.49 Å². The molecule has 0 atom stereocenters. The second-order valence-electron chi connectivity index (χ2n) is 5.32. The van der Waals surface area contributed by atoms with Crippen molar-refractivity contribution in [2.24, 2.45) is 5.92 Å². The first-order valence-corrected chi connectivity index (χ1v) is 8.06. The molecular weight excluding hydrogens is 286 g/mol. The first-order chi connectivity index (χ1) is 10.3. The summed E-state index contributed by atoms with van der Waals surface area (Å²) in [5.41, 5.74) is 1.63. The molecule has 1 aromatic carbocycles. The lowest BCUT2D eigenvalue weighted by molar-refractivity contribution is 0.250. The van der Waals surface area contributed by atoms with Crippen molar-refractivity contribution in [3.63, 3.8) is 0 Å². The highest BCUT2D eigenvalue weighted by atomic mass is 32.1. The Balaban J connectivity index is 1.44. The van der Waals surface area contributed by atoms with Crippen molar-refractivity contribution in [1.29, 1.82) is 0 Å². The Hall–Kier alpha value is -1.73. The van der Waals surface area contributed by atoms with Gasteiger partial charge in [0.05, 0.1) is 4.70 Å². The molecule has 7 heteroatoms. The zero-order valence-electron chi connectivity index (χ0n) is 11.8. The molecule has 0 bridgehead atoms. The molecule has 6 nitrogen and oxygen atoms in total. The molecule has 2 heterocycles. The van der Waals surface area contributed by atoms with Gasteiger partial charge < -0.3 is 16.0 Å². The summed E-state index contributed by atoms with van der Waals surface area (Å²) in [5, 5.41) is 13.1. The minimum Gasteiger partial charge on any atom is -0.338 e. The van der Waals surface area contributed by atoms with Crippen LogP contribution in [0.25, 0.3) is 10.2 Å². The number of nitrogens with one attached hydrogen (secondary N) is 3. The molecule has 1 aliphatic heterocycles. The molecule has 3 N–H and O–H groups in total. The van der Waals surface area contributed by atoms with E-state index in [1.54, 1.807) is 0 Å². The lowest BCUT2D eigenvalue weighted by Crippen LogP contribution is -2.33. The van der Waals surface area contributed by atoms with Gasteiger partial charge in [-0.2, -0.15) is 0 Å². The van der Waals surface area contributed by atoms with E-state index in [1.165, 1.54) is 24.4 Å². The lowest BCUT2D eigenvalue weighted by Gasteiger charge is -2.22. The van der Waals surface area contributed by atoms with Gasteiger partial charge in [0.25, 0.3) is 0 Å². The summed E-state index contributed by atoms with van der Waals surface area (Å²) in [7, 11) is 0. The van der Waals surface area contributed by atoms with Gasteiger partial charge in [-0.3, -0.25) is 0 Å². The highest BCUT2D eigenvalue weighted by molar-refractivity contribution is 7.12. The quantitative estimate of drug-likeness (QED) is 0.809. The largest absolute Gasteiger partial charge is 0.338 e. The summed E-state index contributed by atoms with van der Waals surface area (Å²) in [6.45, 7) is 2.92. The molecule has 112 valence electrons. The van der Waals surface area contributed by atoms with E-state index in [0.29, 0.717) is 0 Å². The van der Waals surface area contributed by atoms with Crippen LogP contribution < -0.4 is 16.0 Å². The number of anilines is 1. The number of aromatic nitrogens is 2. The van der Waals surface area contributed by atoms with E-state index >= 15 is 0 Å². The molecule has 2 aromatic rings. The smallest absolute Gasteiger partial charge is 0.319 e. The third-order valence-corrected chi connectivity index (χ3v) is 4.49. The fourth-order valence-electron chi connectivity index (χ4n) is 2.59. The van der Waals surface area contributed by atoms with Crippen LogP contribution in [0.3, 0.4) is 0 Å². The van der Waals surface area contributed by atoms with Crippen molar-refractivity contribution in [3.8, 4) is 0 Å². The van der Waals surface area contributed by atoms with E-state index in [1.807, 2.05) is 18.2 Å². The van der Waals surface area contributed by atoms with Crippen LogP contribution in [-0.4, -0.2) is 35.3 Å². The number of nitrogens with zero attached hydrogens (tertiary/aromatic N) is 2. The van der Waals surface area contributed by atoms with Crippen LogP contribution in [0.4, 0.5) is 10.5 Å². The maximum Gasteiger partial charge on any atom is 0.319 e. The molecule has 0 unspecified atom stereocenters. The molecule has 3 rings (SSSR count). The molecule has 1 aromatic heterocycles. The van der Waals surface area contributed by atoms with Crippen molar-refractivity contribution in [2.75, 3.05) is 25.0 Å². The third-order valence-electron chi connectivity index (χ3n) is 3.80. The van der Waals surface area contributed by atoms with E-state index in [9.17, 15) is 4.79 Å². The van der Waals surface area contributed by atoms with Gasteiger partial charge in [-0.15, -0.1) is 5.10 Å². The van der Waals surface area contributed by atoms with Gasteiger partial charge >= 0.3 is 6.03 Å². The Morgan fingerprint density at radius 1 is 1.38 bits per heavy atom. The van der Waals surface area contributed by atoms with Crippen LogP contribution in [0.5, 0.6) is 0 Å². The Bertz CT molecular complexity index is 608. The van der Waals surface area contributed by atoms with Crippen LogP contribution in [0.2, 0.25) is 0 Å². The Morgan fingerprint density at radius 2 is 2.24 bits per heavy atom. The summed E-state index contributed by atoms with van der Waals surface area (Å²) in [6, 6.07) is 5.45. The number of piperidine rings is 1. The molecule has 0 aliphatic carbocycles. The Labute approximate surface area is 127 Å². The van der Waals surface area contributed by atoms with Crippen molar-refractivity contribution in [2.45, 2.75) is 19.3 Å². The Kier molecular flexibility index (Phi) is 4.62. The molecular formula is C14H19N5OS. The van der Waals surface area contributed by atoms with Gasteiger partial charge in [0.15, 0.2) is 0 Å². The van der Waals surface area contributed by atoms with Crippen molar-refractivity contribution >= 4 is 33.5 Å². The van der Waals surface area contributed by atoms with Gasteiger partial charge in [-0.05, 0) is 68.0 Å². The van der Waals surface area contributed by atoms with E-state index < -0.39 is 0 Å². The minimum atomic E-state index is -0.152. The van der Waals surface area contributed by atoms with Crippen molar-refractivity contribution < 1.29 is 4.79 Å². The van der Waals surface area contributed by atoms with Gasteiger partial charge in [0.1, 0.15) is 5.52 Å². The number of carbonyl (C=O) groups is 1. The number of amides is 2. The first-order valence-electron chi connectivity index (χ1n) is 7.29. The van der Waals surface area contributed by atoms with Crippen LogP contribution in [0.15, 0.2) is 18.2 Å². The van der Waals surface area contributed by atoms with E-state index in [4.69, 9.17) is 0 Å². The van der Waals surface area contributed by atoms with Gasteiger partial charge in [0.2, 0.25) is 0 Å². The summed E-state index contributed by atoms with van der Waals surface area (Å²) in [4.78, 5) is 11.9. The average molecular weight is 305 g/mol. The standard InChI is InChI=1S/C14H19N5OS/c20-14(16-8-5-10-3-6-15-7-4-10)17-11-1-2-12-13(9-11)21-19-18-12/h1-2,9-10,15H,3-8H2,(H2,16,17,20). The monoisotopic (exact) mass is 305 g/mol. The van der Waals surface area contributed by atoms with E-state index in [2.05, 4.69) is 25.5 Å². The Morgan fingerprint density at radius 3 is 3.10 bits per heavy atom. The second kappa shape index (κ2) is 6.82. The lowest BCUT2D eigenvalue weighted by atomic mass is 9.95. The number of hydrogen-bond donors (Lipinski definition) is 3. The predicted octanol–water partition coefficient (Wildman–Crippen LogP) is 2.20. The summed E-state index contributed by atoms with van der Waals surface area (Å²) >= 11 is 1.33. The molecule has 1 saturated heterocycles. The highest BCUT2D eigenvalue weighted by Crippen LogP contribution is 2.20. The topological polar surface area (TPSA) is 78.9 Å². The number of urea groups is 1. The number of hydrogen-bond acceptors (Lipinski definition) is 5. The first kappa shape index (κ1) is 14.2. The molecule has 1 aliphatic rings. The highest BCUT2D eigenvalue weighted by Gasteiger charge is 2.12. The van der Waals surface area contributed by atoms with Crippen LogP contribution in [-0.2, 0) is 0 Å². The maximum atomic E-state index is 11.9. The summed E-state index contributed by atoms with van der Waals surface area (Å²) in [5.74, 6) is 0.728. The number of carbonyl (C=O) groups excluding carboxylic acids is 1. The predicted molar refractivity (Wildman–Crippen MR) is 84.6 cm³/mol. The summed E-state index contributed by atoms with van der Waals surface area (Å²) < 4.78 is 4.86. The van der Waals surface area contributed by atoms with E-state index in [-0.39, 0.29) is 6.03 Å². The molecule has 2 amide bonds. The van der Waals surface area contributed by atoms with Crippen molar-refractivity contribution in [1.82, 2.24) is 20.2 Å². The van der Waals surface area contributed by atoms with Crippen LogP contribution >= 0.6 is 11.5 Å². The normalized spacial score (nSPS) is 16.0. The van der Waals surface area contributed by atoms with Crippen LogP contribution in [0.1, 0.15) is 19.3 Å². The molecule has 1 fully saturated rings. The van der Waals surface area contributed by atoms with Gasteiger partial charge in [-0.25, -0.2) is 4.79 Å². The zero-order valence-corrected chi connectivity index (χ0v) is 12.6. The third kappa shape index (κ3) is 3.89. The number of benzene rings is 1. The van der Waals surface area contributed by atoms with Gasteiger partial charge in [0, 0.05) is 12.2 Å².